The van der Waals surface area contributed by atoms with Crippen LogP contribution < -0.4 is 0 Å². The number of carboxylic acids is 1. The Labute approximate surface area is 173 Å². The van der Waals surface area contributed by atoms with Crippen molar-refractivity contribution in [2.45, 2.75) is 30.4 Å². The molecule has 1 atom stereocenters. The summed E-state index contributed by atoms with van der Waals surface area (Å²) in [5.74, 6) is -1.04. The summed E-state index contributed by atoms with van der Waals surface area (Å²) in [6.07, 6.45) is 6.25. The second kappa shape index (κ2) is 7.68. The molecule has 4 rings (SSSR count). The number of hydrogen-bond acceptors (Lipinski definition) is 6. The summed E-state index contributed by atoms with van der Waals surface area (Å²) in [5, 5.41) is 9.42. The molecule has 3 heterocycles. The number of thiophene rings is 1. The standard InChI is InChI=1S/C21H20N2O4S2/c24-20(25)11-21(9-1-2-10-29(21,26)27)19-8-7-18(28-19)16-5-3-15(4-6-16)17-12-22-14-23-13-17/h3-8,12-14H,1-2,9-11H2,(H,24,25)/t21-/m0/s1. The normalized spacial score (nSPS) is 21.0. The first-order chi connectivity index (χ1) is 13.9. The summed E-state index contributed by atoms with van der Waals surface area (Å²) in [6.45, 7) is 0. The summed E-state index contributed by atoms with van der Waals surface area (Å²) in [7, 11) is -3.53. The van der Waals surface area contributed by atoms with Crippen molar-refractivity contribution in [1.82, 2.24) is 9.97 Å². The number of hydrogen-bond donors (Lipinski definition) is 1. The molecular weight excluding hydrogens is 408 g/mol. The predicted molar refractivity (Wildman–Crippen MR) is 112 cm³/mol. The predicted octanol–water partition coefficient (Wildman–Crippen LogP) is 4.14. The van der Waals surface area contributed by atoms with Crippen molar-refractivity contribution >= 4 is 27.1 Å². The zero-order valence-electron chi connectivity index (χ0n) is 15.6. The lowest BCUT2D eigenvalue weighted by molar-refractivity contribution is -0.137. The van der Waals surface area contributed by atoms with Gasteiger partial charge >= 0.3 is 5.97 Å². The Hall–Kier alpha value is -2.58. The third kappa shape index (κ3) is 3.70. The van der Waals surface area contributed by atoms with E-state index >= 15 is 0 Å². The molecular formula is C21H20N2O4S2. The van der Waals surface area contributed by atoms with Crippen LogP contribution in [0.2, 0.25) is 0 Å². The SMILES string of the molecule is O=C(O)C[C@]1(c2ccc(-c3ccc(-c4cncnc4)cc3)s2)CCCCS1(=O)=O. The topological polar surface area (TPSA) is 97.2 Å². The average molecular weight is 429 g/mol. The van der Waals surface area contributed by atoms with Gasteiger partial charge in [-0.1, -0.05) is 30.7 Å². The maximum absolute atomic E-state index is 12.9. The van der Waals surface area contributed by atoms with Crippen LogP contribution in [0.5, 0.6) is 0 Å². The fourth-order valence-electron chi connectivity index (χ4n) is 3.87. The molecule has 0 bridgehead atoms. The fourth-order valence-corrected chi connectivity index (χ4v) is 7.65. The minimum Gasteiger partial charge on any atom is -0.481 e. The molecule has 0 amide bonds. The van der Waals surface area contributed by atoms with E-state index in [2.05, 4.69) is 9.97 Å². The highest BCUT2D eigenvalue weighted by Crippen LogP contribution is 2.47. The molecule has 1 fully saturated rings. The highest BCUT2D eigenvalue weighted by atomic mass is 32.2. The van der Waals surface area contributed by atoms with Gasteiger partial charge in [-0.05, 0) is 36.1 Å². The van der Waals surface area contributed by atoms with Crippen molar-refractivity contribution in [3.63, 3.8) is 0 Å². The van der Waals surface area contributed by atoms with E-state index in [1.807, 2.05) is 30.3 Å². The van der Waals surface area contributed by atoms with Gasteiger partial charge in [-0.2, -0.15) is 0 Å². The summed E-state index contributed by atoms with van der Waals surface area (Å²) in [6, 6.07) is 11.5. The van der Waals surface area contributed by atoms with Gasteiger partial charge in [-0.15, -0.1) is 11.3 Å². The van der Waals surface area contributed by atoms with Gasteiger partial charge in [0.05, 0.1) is 12.2 Å². The second-order valence-corrected chi connectivity index (χ2v) is 10.7. The van der Waals surface area contributed by atoms with Crippen molar-refractivity contribution in [1.29, 1.82) is 0 Å². The number of carboxylic acid groups (broad SMARTS) is 1. The van der Waals surface area contributed by atoms with Crippen LogP contribution in [0.25, 0.3) is 21.6 Å². The first-order valence-electron chi connectivity index (χ1n) is 9.31. The zero-order chi connectivity index (χ0) is 20.5. The van der Waals surface area contributed by atoms with Gasteiger partial charge in [0, 0.05) is 27.7 Å². The van der Waals surface area contributed by atoms with Crippen LogP contribution >= 0.6 is 11.3 Å². The second-order valence-electron chi connectivity index (χ2n) is 7.21. The number of aliphatic carboxylic acids is 1. The molecule has 2 aromatic heterocycles. The molecule has 1 N–H and O–H groups in total. The quantitative estimate of drug-likeness (QED) is 0.656. The third-order valence-corrected chi connectivity index (χ3v) is 9.45. The van der Waals surface area contributed by atoms with Crippen LogP contribution in [-0.4, -0.2) is 35.2 Å². The van der Waals surface area contributed by atoms with Crippen molar-refractivity contribution < 1.29 is 18.3 Å². The summed E-state index contributed by atoms with van der Waals surface area (Å²) in [5.41, 5.74) is 2.86. The number of carbonyl (C=O) groups is 1. The van der Waals surface area contributed by atoms with E-state index in [1.54, 1.807) is 18.5 Å². The van der Waals surface area contributed by atoms with Crippen LogP contribution in [0.1, 0.15) is 30.6 Å². The van der Waals surface area contributed by atoms with Gasteiger partial charge in [0.2, 0.25) is 0 Å². The third-order valence-electron chi connectivity index (χ3n) is 5.39. The summed E-state index contributed by atoms with van der Waals surface area (Å²) in [4.78, 5) is 21.1. The van der Waals surface area contributed by atoms with E-state index in [4.69, 9.17) is 0 Å². The van der Waals surface area contributed by atoms with E-state index in [0.29, 0.717) is 24.1 Å². The molecule has 29 heavy (non-hydrogen) atoms. The maximum atomic E-state index is 12.9. The smallest absolute Gasteiger partial charge is 0.305 e. The molecule has 1 aliphatic rings. The van der Waals surface area contributed by atoms with E-state index in [0.717, 1.165) is 21.6 Å². The lowest BCUT2D eigenvalue weighted by Crippen LogP contribution is -2.41. The fraction of sp³-hybridized carbons (Fsp3) is 0.286. The molecule has 1 aliphatic heterocycles. The molecule has 0 radical (unpaired) electrons. The van der Waals surface area contributed by atoms with Gasteiger partial charge in [0.1, 0.15) is 11.1 Å². The number of nitrogens with zero attached hydrogens (tertiary/aromatic N) is 2. The van der Waals surface area contributed by atoms with E-state index in [-0.39, 0.29) is 12.2 Å². The number of rotatable bonds is 5. The van der Waals surface area contributed by atoms with Crippen LogP contribution in [-0.2, 0) is 19.4 Å². The molecule has 0 aliphatic carbocycles. The summed E-state index contributed by atoms with van der Waals surface area (Å²) < 4.78 is 24.5. The van der Waals surface area contributed by atoms with Gasteiger partial charge < -0.3 is 5.11 Å². The Morgan fingerprint density at radius 3 is 2.34 bits per heavy atom. The molecule has 8 heteroatoms. The largest absolute Gasteiger partial charge is 0.481 e. The highest BCUT2D eigenvalue weighted by molar-refractivity contribution is 7.92. The lowest BCUT2D eigenvalue weighted by Gasteiger charge is -2.34. The van der Waals surface area contributed by atoms with Crippen LogP contribution in [0.3, 0.4) is 0 Å². The minimum absolute atomic E-state index is 0.0430. The van der Waals surface area contributed by atoms with E-state index in [9.17, 15) is 18.3 Å². The van der Waals surface area contributed by atoms with Crippen molar-refractivity contribution in [3.05, 3.63) is 60.0 Å². The molecule has 0 spiro atoms. The zero-order valence-corrected chi connectivity index (χ0v) is 17.2. The van der Waals surface area contributed by atoms with Crippen LogP contribution in [0.4, 0.5) is 0 Å². The molecule has 6 nitrogen and oxygen atoms in total. The molecule has 0 saturated carbocycles. The number of sulfone groups is 1. The van der Waals surface area contributed by atoms with Crippen LogP contribution in [0, 0.1) is 0 Å². The van der Waals surface area contributed by atoms with Crippen molar-refractivity contribution in [3.8, 4) is 21.6 Å². The number of benzene rings is 1. The Balaban J connectivity index is 1.69. The first-order valence-corrected chi connectivity index (χ1v) is 11.8. The molecule has 3 aromatic rings. The highest BCUT2D eigenvalue weighted by Gasteiger charge is 2.49. The summed E-state index contributed by atoms with van der Waals surface area (Å²) >= 11 is 1.37. The minimum atomic E-state index is -3.53. The van der Waals surface area contributed by atoms with Gasteiger partial charge in [-0.25, -0.2) is 18.4 Å². The van der Waals surface area contributed by atoms with E-state index < -0.39 is 20.6 Å². The van der Waals surface area contributed by atoms with Crippen molar-refractivity contribution in [2.75, 3.05) is 5.75 Å². The van der Waals surface area contributed by atoms with Crippen LogP contribution in [0.15, 0.2) is 55.1 Å². The lowest BCUT2D eigenvalue weighted by atomic mass is 9.95. The molecule has 1 saturated heterocycles. The van der Waals surface area contributed by atoms with Crippen molar-refractivity contribution in [2.24, 2.45) is 0 Å². The Morgan fingerprint density at radius 2 is 1.69 bits per heavy atom. The Morgan fingerprint density at radius 1 is 1.00 bits per heavy atom. The van der Waals surface area contributed by atoms with Gasteiger partial charge in [-0.3, -0.25) is 4.79 Å². The van der Waals surface area contributed by atoms with E-state index in [1.165, 1.54) is 17.7 Å². The molecule has 0 unspecified atom stereocenters. The Bertz CT molecular complexity index is 1130. The Kier molecular flexibility index (Phi) is 5.23. The van der Waals surface area contributed by atoms with Gasteiger partial charge in [0.15, 0.2) is 9.84 Å². The molecule has 1 aromatic carbocycles. The first kappa shape index (κ1) is 19.7. The monoisotopic (exact) mass is 428 g/mol. The molecule has 150 valence electrons. The maximum Gasteiger partial charge on any atom is 0.305 e. The number of aromatic nitrogens is 2. The van der Waals surface area contributed by atoms with Gasteiger partial charge in [0.25, 0.3) is 0 Å². The average Bonchev–Trinajstić information content (AvgIpc) is 3.21.